The Labute approximate surface area is 162 Å². The molecule has 1 heterocycles. The summed E-state index contributed by atoms with van der Waals surface area (Å²) in [7, 11) is 0. The number of hydrogen-bond donors (Lipinski definition) is 3. The minimum absolute atomic E-state index is 0.00829. The maximum absolute atomic E-state index is 12.2. The van der Waals surface area contributed by atoms with E-state index in [1.54, 1.807) is 30.3 Å². The first-order valence-corrected chi connectivity index (χ1v) is 8.08. The highest BCUT2D eigenvalue weighted by atomic mass is 16.6. The first kappa shape index (κ1) is 19.2. The number of para-hydroxylation sites is 1. The number of carbonyl (C=O) groups excluding carboxylic acids is 1. The van der Waals surface area contributed by atoms with E-state index < -0.39 is 21.4 Å². The van der Waals surface area contributed by atoms with Gasteiger partial charge in [-0.2, -0.15) is 0 Å². The standard InChI is InChI=1S/C17H13N7O5/c25-17(11-5-4-8-13(9-11)23(26)27)22-21-16-14(24(28)29)15(18-10-19-16)20-12-6-2-1-3-7-12/h1-10H,(H,22,25)(H2,18,19,20,21). The molecule has 12 nitrogen and oxygen atoms in total. The maximum Gasteiger partial charge on any atom is 0.355 e. The molecule has 3 aromatic rings. The van der Waals surface area contributed by atoms with E-state index in [-0.39, 0.29) is 22.9 Å². The zero-order valence-electron chi connectivity index (χ0n) is 14.6. The summed E-state index contributed by atoms with van der Waals surface area (Å²) in [6, 6.07) is 13.7. The second-order valence-corrected chi connectivity index (χ2v) is 5.55. The van der Waals surface area contributed by atoms with Crippen LogP contribution < -0.4 is 16.2 Å². The topological polar surface area (TPSA) is 165 Å². The Morgan fingerprint density at radius 2 is 1.62 bits per heavy atom. The van der Waals surface area contributed by atoms with Crippen molar-refractivity contribution in [2.24, 2.45) is 0 Å². The second kappa shape index (κ2) is 8.39. The fourth-order valence-corrected chi connectivity index (χ4v) is 2.34. The maximum atomic E-state index is 12.2. The van der Waals surface area contributed by atoms with E-state index >= 15 is 0 Å². The van der Waals surface area contributed by atoms with Gasteiger partial charge in [-0.3, -0.25) is 35.9 Å². The number of hydrazine groups is 1. The van der Waals surface area contributed by atoms with Gasteiger partial charge >= 0.3 is 5.69 Å². The summed E-state index contributed by atoms with van der Waals surface area (Å²) < 4.78 is 0. The molecular weight excluding hydrogens is 382 g/mol. The lowest BCUT2D eigenvalue weighted by molar-refractivity contribution is -0.384. The van der Waals surface area contributed by atoms with Crippen molar-refractivity contribution in [1.29, 1.82) is 0 Å². The molecule has 0 spiro atoms. The molecule has 0 unspecified atom stereocenters. The molecular formula is C17H13N7O5. The lowest BCUT2D eigenvalue weighted by atomic mass is 10.2. The zero-order valence-corrected chi connectivity index (χ0v) is 14.6. The summed E-state index contributed by atoms with van der Waals surface area (Å²) in [5.74, 6) is -1.08. The van der Waals surface area contributed by atoms with Gasteiger partial charge in [0.1, 0.15) is 6.33 Å². The van der Waals surface area contributed by atoms with E-state index in [4.69, 9.17) is 0 Å². The molecule has 146 valence electrons. The van der Waals surface area contributed by atoms with Gasteiger partial charge in [0.2, 0.25) is 11.6 Å². The smallest absolute Gasteiger partial charge is 0.334 e. The number of nitro benzene ring substituents is 1. The van der Waals surface area contributed by atoms with E-state index in [2.05, 4.69) is 26.1 Å². The van der Waals surface area contributed by atoms with Crippen molar-refractivity contribution in [2.45, 2.75) is 0 Å². The van der Waals surface area contributed by atoms with Crippen LogP contribution in [0.2, 0.25) is 0 Å². The summed E-state index contributed by atoms with van der Waals surface area (Å²) in [4.78, 5) is 40.9. The van der Waals surface area contributed by atoms with Crippen LogP contribution in [-0.2, 0) is 0 Å². The molecule has 29 heavy (non-hydrogen) atoms. The van der Waals surface area contributed by atoms with Crippen LogP contribution in [0.1, 0.15) is 10.4 Å². The van der Waals surface area contributed by atoms with Crippen LogP contribution in [0, 0.1) is 20.2 Å². The second-order valence-electron chi connectivity index (χ2n) is 5.55. The van der Waals surface area contributed by atoms with E-state index in [0.29, 0.717) is 5.69 Å². The van der Waals surface area contributed by atoms with Gasteiger partial charge in [0, 0.05) is 23.4 Å². The van der Waals surface area contributed by atoms with Gasteiger partial charge in [0.25, 0.3) is 11.6 Å². The van der Waals surface area contributed by atoms with E-state index in [1.165, 1.54) is 18.2 Å². The Balaban J connectivity index is 1.81. The zero-order chi connectivity index (χ0) is 20.8. The monoisotopic (exact) mass is 395 g/mol. The molecule has 0 bridgehead atoms. The van der Waals surface area contributed by atoms with Crippen molar-refractivity contribution in [3.05, 3.63) is 86.7 Å². The van der Waals surface area contributed by atoms with Crippen LogP contribution in [0.5, 0.6) is 0 Å². The summed E-state index contributed by atoms with van der Waals surface area (Å²) >= 11 is 0. The van der Waals surface area contributed by atoms with Gasteiger partial charge in [-0.25, -0.2) is 9.97 Å². The lowest BCUT2D eigenvalue weighted by Crippen LogP contribution is -2.30. The number of nitrogens with one attached hydrogen (secondary N) is 3. The average molecular weight is 395 g/mol. The molecule has 1 amide bonds. The summed E-state index contributed by atoms with van der Waals surface area (Å²) in [6.45, 7) is 0. The van der Waals surface area contributed by atoms with E-state index in [1.807, 2.05) is 0 Å². The third kappa shape index (κ3) is 4.57. The number of non-ortho nitro benzene ring substituents is 1. The fourth-order valence-electron chi connectivity index (χ4n) is 2.34. The van der Waals surface area contributed by atoms with Crippen LogP contribution in [0.15, 0.2) is 60.9 Å². The van der Waals surface area contributed by atoms with Gasteiger partial charge < -0.3 is 5.32 Å². The minimum Gasteiger partial charge on any atom is -0.334 e. The molecule has 0 aliphatic carbocycles. The Bertz CT molecular complexity index is 1070. The number of nitrogens with zero attached hydrogens (tertiary/aromatic N) is 4. The molecule has 0 aliphatic heterocycles. The molecule has 0 atom stereocenters. The van der Waals surface area contributed by atoms with Gasteiger partial charge in [-0.05, 0) is 18.2 Å². The third-order valence-corrected chi connectivity index (χ3v) is 3.65. The molecule has 2 aromatic carbocycles. The molecule has 3 N–H and O–H groups in total. The number of rotatable bonds is 7. The molecule has 0 radical (unpaired) electrons. The highest BCUT2D eigenvalue weighted by Crippen LogP contribution is 2.30. The van der Waals surface area contributed by atoms with Gasteiger partial charge in [-0.1, -0.05) is 24.3 Å². The first-order chi connectivity index (χ1) is 14.0. The van der Waals surface area contributed by atoms with Crippen LogP contribution in [0.3, 0.4) is 0 Å². The normalized spacial score (nSPS) is 10.1. The number of amides is 1. The van der Waals surface area contributed by atoms with Gasteiger partial charge in [0.05, 0.1) is 9.85 Å². The number of carbonyl (C=O) groups is 1. The molecule has 12 heteroatoms. The largest absolute Gasteiger partial charge is 0.355 e. The van der Waals surface area contributed by atoms with Gasteiger partial charge in [-0.15, -0.1) is 0 Å². The highest BCUT2D eigenvalue weighted by Gasteiger charge is 2.24. The lowest BCUT2D eigenvalue weighted by Gasteiger charge is -2.11. The van der Waals surface area contributed by atoms with Crippen molar-refractivity contribution in [3.8, 4) is 0 Å². The van der Waals surface area contributed by atoms with Crippen molar-refractivity contribution in [1.82, 2.24) is 15.4 Å². The van der Waals surface area contributed by atoms with E-state index in [0.717, 1.165) is 12.4 Å². The Hall–Kier alpha value is -4.61. The van der Waals surface area contributed by atoms with Crippen LogP contribution >= 0.6 is 0 Å². The molecule has 0 saturated heterocycles. The number of benzene rings is 2. The minimum atomic E-state index is -0.737. The Kier molecular flexibility index (Phi) is 5.54. The van der Waals surface area contributed by atoms with Crippen molar-refractivity contribution in [3.63, 3.8) is 0 Å². The summed E-state index contributed by atoms with van der Waals surface area (Å²) in [6.07, 6.45) is 1.08. The molecule has 3 rings (SSSR count). The van der Waals surface area contributed by atoms with E-state index in [9.17, 15) is 25.0 Å². The third-order valence-electron chi connectivity index (χ3n) is 3.65. The highest BCUT2D eigenvalue weighted by molar-refractivity contribution is 5.95. The Morgan fingerprint density at radius 1 is 0.897 bits per heavy atom. The number of anilines is 3. The number of hydrogen-bond acceptors (Lipinski definition) is 9. The first-order valence-electron chi connectivity index (χ1n) is 8.08. The molecule has 0 aliphatic rings. The molecule has 0 saturated carbocycles. The summed E-state index contributed by atoms with van der Waals surface area (Å²) in [5, 5.41) is 25.2. The van der Waals surface area contributed by atoms with Crippen molar-refractivity contribution < 1.29 is 14.6 Å². The average Bonchev–Trinajstić information content (AvgIpc) is 2.72. The predicted molar refractivity (Wildman–Crippen MR) is 103 cm³/mol. The van der Waals surface area contributed by atoms with Crippen molar-refractivity contribution >= 4 is 34.6 Å². The van der Waals surface area contributed by atoms with Crippen LogP contribution in [0.25, 0.3) is 0 Å². The van der Waals surface area contributed by atoms with Gasteiger partial charge in [0.15, 0.2) is 0 Å². The summed E-state index contributed by atoms with van der Waals surface area (Å²) in [5.41, 5.74) is 4.41. The SMILES string of the molecule is O=C(NNc1ncnc(Nc2ccccc2)c1[N+](=O)[O-])c1cccc([N+](=O)[O-])c1. The number of aromatic nitrogens is 2. The van der Waals surface area contributed by atoms with Crippen molar-refractivity contribution in [2.75, 3.05) is 10.7 Å². The molecule has 1 aromatic heterocycles. The quantitative estimate of drug-likeness (QED) is 0.403. The predicted octanol–water partition coefficient (Wildman–Crippen LogP) is 2.79. The fraction of sp³-hybridized carbons (Fsp3) is 0. The van der Waals surface area contributed by atoms with Crippen LogP contribution in [-0.4, -0.2) is 25.7 Å². The molecule has 0 fully saturated rings. The Morgan fingerprint density at radius 3 is 2.31 bits per heavy atom. The van der Waals surface area contributed by atoms with Crippen LogP contribution in [0.4, 0.5) is 28.7 Å². The number of nitro groups is 2.